The molecule has 1 aromatic carbocycles. The molecule has 32 heavy (non-hydrogen) atoms. The fourth-order valence-corrected chi connectivity index (χ4v) is 4.53. The van der Waals surface area contributed by atoms with E-state index in [1.54, 1.807) is 27.5 Å². The van der Waals surface area contributed by atoms with Crippen LogP contribution in [0.15, 0.2) is 34.6 Å². The Bertz CT molecular complexity index is 1070. The van der Waals surface area contributed by atoms with Gasteiger partial charge in [-0.25, -0.2) is 15.0 Å². The second-order valence-electron chi connectivity index (χ2n) is 7.47. The number of benzene rings is 1. The van der Waals surface area contributed by atoms with Crippen molar-refractivity contribution < 1.29 is 14.3 Å². The lowest BCUT2D eigenvalue weighted by atomic mass is 10.3. The molecule has 3 aliphatic heterocycles. The number of piperazine rings is 1. The predicted molar refractivity (Wildman–Crippen MR) is 121 cm³/mol. The maximum Gasteiger partial charge on any atom is 0.219 e. The van der Waals surface area contributed by atoms with Crippen molar-refractivity contribution in [1.29, 1.82) is 0 Å². The van der Waals surface area contributed by atoms with Crippen LogP contribution >= 0.6 is 11.8 Å². The van der Waals surface area contributed by atoms with E-state index in [9.17, 15) is 4.79 Å². The van der Waals surface area contributed by atoms with Crippen LogP contribution < -0.4 is 15.2 Å². The molecule has 0 aliphatic carbocycles. The molecule has 0 saturated carbocycles. The monoisotopic (exact) mass is 457 g/mol. The lowest BCUT2D eigenvalue weighted by Gasteiger charge is -2.34. The molecule has 2 N–H and O–H groups in total. The minimum absolute atomic E-state index is 0.133. The Morgan fingerprint density at radius 3 is 2.59 bits per heavy atom. The van der Waals surface area contributed by atoms with Gasteiger partial charge in [0.1, 0.15) is 11.5 Å². The van der Waals surface area contributed by atoms with E-state index in [2.05, 4.69) is 14.9 Å². The number of ether oxygens (including phenoxy) is 2. The number of fused-ring (bicyclic) bond motifs is 1. The van der Waals surface area contributed by atoms with Crippen LogP contribution in [0.1, 0.15) is 6.92 Å². The summed E-state index contributed by atoms with van der Waals surface area (Å²) in [6, 6.07) is 5.59. The van der Waals surface area contributed by atoms with Crippen molar-refractivity contribution in [3.8, 4) is 23.0 Å². The molecule has 0 unspecified atom stereocenters. The van der Waals surface area contributed by atoms with E-state index in [1.807, 2.05) is 27.7 Å². The summed E-state index contributed by atoms with van der Waals surface area (Å²) in [5.41, 5.74) is 6.67. The second-order valence-corrected chi connectivity index (χ2v) is 8.48. The molecule has 0 aromatic heterocycles. The summed E-state index contributed by atoms with van der Waals surface area (Å²) in [5.74, 6) is 2.62. The molecule has 1 fully saturated rings. The number of anilines is 1. The number of nitrogens with zero attached hydrogens (tertiary/aromatic N) is 6. The second kappa shape index (κ2) is 9.61. The van der Waals surface area contributed by atoms with Crippen molar-refractivity contribution in [2.24, 2.45) is 0 Å². The van der Waals surface area contributed by atoms with Gasteiger partial charge in [0.2, 0.25) is 5.91 Å². The van der Waals surface area contributed by atoms with Crippen LogP contribution in [0.4, 0.5) is 5.82 Å². The number of nitrogens with two attached hydrogens (primary N) is 1. The number of hydrogen-bond donors (Lipinski definition) is 1. The van der Waals surface area contributed by atoms with Gasteiger partial charge in [0, 0.05) is 46.2 Å². The molecular formula is C21H27N7O3S. The zero-order valence-corrected chi connectivity index (χ0v) is 19.3. The van der Waals surface area contributed by atoms with Gasteiger partial charge in [0.05, 0.1) is 25.4 Å². The van der Waals surface area contributed by atoms with Gasteiger partial charge in [0.25, 0.3) is 0 Å². The first-order valence-electron chi connectivity index (χ1n) is 10.3. The summed E-state index contributed by atoms with van der Waals surface area (Å²) in [5, 5.41) is 0.565. The van der Waals surface area contributed by atoms with Crippen LogP contribution in [0, 0.1) is 0 Å². The van der Waals surface area contributed by atoms with Gasteiger partial charge in [-0.15, -0.1) is 0 Å². The first-order valence-corrected chi connectivity index (χ1v) is 11.2. The Morgan fingerprint density at radius 1 is 1.12 bits per heavy atom. The lowest BCUT2D eigenvalue weighted by molar-refractivity contribution is -0.130. The maximum atomic E-state index is 11.5. The molecule has 1 aromatic rings. The molecule has 3 heterocycles. The Morgan fingerprint density at radius 2 is 1.91 bits per heavy atom. The third-order valence-electron chi connectivity index (χ3n) is 5.52. The van der Waals surface area contributed by atoms with Crippen molar-refractivity contribution in [2.45, 2.75) is 23.5 Å². The van der Waals surface area contributed by atoms with Gasteiger partial charge < -0.3 is 24.7 Å². The highest BCUT2D eigenvalue weighted by Gasteiger charge is 2.22. The van der Waals surface area contributed by atoms with Gasteiger partial charge >= 0.3 is 0 Å². The normalized spacial score (nSPS) is 14.7. The highest BCUT2D eigenvalue weighted by Crippen LogP contribution is 2.38. The molecule has 170 valence electrons. The average Bonchev–Trinajstić information content (AvgIpc) is 3.23. The van der Waals surface area contributed by atoms with E-state index >= 15 is 0 Å². The smallest absolute Gasteiger partial charge is 0.219 e. The van der Waals surface area contributed by atoms with Crippen LogP contribution in [-0.2, 0) is 11.3 Å². The Hall–Kier alpha value is -3.05. The summed E-state index contributed by atoms with van der Waals surface area (Å²) in [6.07, 6.45) is 1.71. The number of amides is 1. The minimum Gasteiger partial charge on any atom is -0.497 e. The van der Waals surface area contributed by atoms with Crippen molar-refractivity contribution in [1.82, 2.24) is 29.3 Å². The topological polar surface area (TPSA) is 112 Å². The Labute approximate surface area is 191 Å². The SMILES string of the molecule is COc1ccc(OC)c(Sc2nc3c(N)ncn(CCN4CCN(C(C)=O)CC4)c-3n2)c1. The molecule has 10 nitrogen and oxygen atoms in total. The van der Waals surface area contributed by atoms with E-state index in [4.69, 9.17) is 20.2 Å². The molecule has 1 amide bonds. The highest BCUT2D eigenvalue weighted by molar-refractivity contribution is 7.99. The largest absolute Gasteiger partial charge is 0.497 e. The van der Waals surface area contributed by atoms with Crippen LogP contribution in [-0.4, -0.2) is 82.2 Å². The Balaban J connectivity index is 1.51. The van der Waals surface area contributed by atoms with E-state index in [0.29, 0.717) is 34.8 Å². The standard InChI is InChI=1S/C21H27N7O3S/c1-14(29)27-9-6-26(7-10-27)8-11-28-13-23-19(22)18-20(28)25-21(24-18)32-17-12-15(30-2)4-5-16(17)31-3/h4-5,12-13H,6-11,22H2,1-3H3. The van der Waals surface area contributed by atoms with Crippen LogP contribution in [0.3, 0.4) is 0 Å². The van der Waals surface area contributed by atoms with Gasteiger partial charge in [-0.3, -0.25) is 9.69 Å². The van der Waals surface area contributed by atoms with Crippen molar-refractivity contribution in [3.63, 3.8) is 0 Å². The van der Waals surface area contributed by atoms with Gasteiger partial charge in [-0.05, 0) is 30.0 Å². The molecule has 11 heteroatoms. The average molecular weight is 458 g/mol. The molecule has 0 bridgehead atoms. The van der Waals surface area contributed by atoms with Crippen LogP contribution in [0.5, 0.6) is 11.5 Å². The third-order valence-corrected chi connectivity index (χ3v) is 6.42. The first kappa shape index (κ1) is 22.2. The number of carbonyl (C=O) groups is 1. The summed E-state index contributed by atoms with van der Waals surface area (Å²) < 4.78 is 12.8. The number of hydrogen-bond acceptors (Lipinski definition) is 9. The van der Waals surface area contributed by atoms with Crippen LogP contribution in [0.2, 0.25) is 0 Å². The summed E-state index contributed by atoms with van der Waals surface area (Å²) in [7, 11) is 3.25. The molecule has 4 rings (SSSR count). The fraction of sp³-hybridized carbons (Fsp3) is 0.429. The highest BCUT2D eigenvalue weighted by atomic mass is 32.2. The molecule has 3 aliphatic rings. The van der Waals surface area contributed by atoms with Crippen molar-refractivity contribution >= 4 is 23.5 Å². The van der Waals surface area contributed by atoms with Gasteiger partial charge in [-0.1, -0.05) is 0 Å². The molecule has 0 spiro atoms. The number of methoxy groups -OCH3 is 2. The van der Waals surface area contributed by atoms with Gasteiger partial charge in [-0.2, -0.15) is 0 Å². The van der Waals surface area contributed by atoms with E-state index in [1.165, 1.54) is 11.8 Å². The van der Waals surface area contributed by atoms with E-state index in [0.717, 1.165) is 43.4 Å². The summed E-state index contributed by atoms with van der Waals surface area (Å²) in [4.78, 5) is 30.2. The predicted octanol–water partition coefficient (Wildman–Crippen LogP) is 1.69. The van der Waals surface area contributed by atoms with Gasteiger partial charge in [0.15, 0.2) is 22.5 Å². The fourth-order valence-electron chi connectivity index (χ4n) is 3.64. The third kappa shape index (κ3) is 4.73. The zero-order valence-electron chi connectivity index (χ0n) is 18.4. The molecule has 0 radical (unpaired) electrons. The minimum atomic E-state index is 0.133. The first-order chi connectivity index (χ1) is 15.5. The number of aromatic nitrogens is 4. The van der Waals surface area contributed by atoms with Crippen molar-refractivity contribution in [2.75, 3.05) is 52.7 Å². The maximum absolute atomic E-state index is 11.5. The molecule has 0 atom stereocenters. The lowest BCUT2D eigenvalue weighted by Crippen LogP contribution is -2.48. The zero-order chi connectivity index (χ0) is 22.7. The quantitative estimate of drug-likeness (QED) is 0.566. The number of imidazole rings is 1. The number of nitrogen functional groups attached to an aromatic ring is 1. The van der Waals surface area contributed by atoms with Crippen molar-refractivity contribution in [3.05, 3.63) is 24.5 Å². The van der Waals surface area contributed by atoms with E-state index < -0.39 is 0 Å². The number of rotatable bonds is 7. The molecular weight excluding hydrogens is 430 g/mol. The van der Waals surface area contributed by atoms with Crippen LogP contribution in [0.25, 0.3) is 11.5 Å². The Kier molecular flexibility index (Phi) is 6.66. The van der Waals surface area contributed by atoms with E-state index in [-0.39, 0.29) is 5.91 Å². The summed E-state index contributed by atoms with van der Waals surface area (Å²) in [6.45, 7) is 6.38. The number of carbonyl (C=O) groups excluding carboxylic acids is 1. The molecule has 1 saturated heterocycles. The summed E-state index contributed by atoms with van der Waals surface area (Å²) >= 11 is 1.39.